The van der Waals surface area contributed by atoms with Crippen molar-refractivity contribution in [3.63, 3.8) is 0 Å². The summed E-state index contributed by atoms with van der Waals surface area (Å²) in [5.74, 6) is 0. The van der Waals surface area contributed by atoms with Gasteiger partial charge in [-0.25, -0.2) is 0 Å². The molecule has 30 heavy (non-hydrogen) atoms. The summed E-state index contributed by atoms with van der Waals surface area (Å²) in [4.78, 5) is 0. The van der Waals surface area contributed by atoms with E-state index in [2.05, 4.69) is 89.6 Å². The average Bonchev–Trinajstić information content (AvgIpc) is 2.83. The highest BCUT2D eigenvalue weighted by atomic mass is 14.9. The van der Waals surface area contributed by atoms with Crippen molar-refractivity contribution in [1.82, 2.24) is 0 Å². The second-order valence-corrected chi connectivity index (χ2v) is 6.98. The van der Waals surface area contributed by atoms with Crippen molar-refractivity contribution in [1.29, 1.82) is 0 Å². The van der Waals surface area contributed by atoms with Crippen molar-refractivity contribution in [3.8, 4) is 0 Å². The van der Waals surface area contributed by atoms with Crippen LogP contribution in [0.25, 0.3) is 11.6 Å². The van der Waals surface area contributed by atoms with Crippen molar-refractivity contribution in [2.45, 2.75) is 6.54 Å². The van der Waals surface area contributed by atoms with Gasteiger partial charge in [0.1, 0.15) is 0 Å². The van der Waals surface area contributed by atoms with Crippen LogP contribution in [-0.4, -0.2) is 0 Å². The predicted octanol–water partition coefficient (Wildman–Crippen LogP) is 7.20. The highest BCUT2D eigenvalue weighted by molar-refractivity contribution is 5.80. The molecule has 0 fully saturated rings. The van der Waals surface area contributed by atoms with E-state index in [4.69, 9.17) is 0 Å². The Kier molecular flexibility index (Phi) is 6.41. The maximum absolute atomic E-state index is 3.48. The van der Waals surface area contributed by atoms with Crippen LogP contribution >= 0.6 is 0 Å². The molecule has 144 valence electrons. The summed E-state index contributed by atoms with van der Waals surface area (Å²) >= 11 is 0. The molecule has 0 aliphatic rings. The van der Waals surface area contributed by atoms with Crippen molar-refractivity contribution in [3.05, 3.63) is 149 Å². The lowest BCUT2D eigenvalue weighted by atomic mass is 9.98. The highest BCUT2D eigenvalue weighted by Crippen LogP contribution is 2.24. The second-order valence-electron chi connectivity index (χ2n) is 6.98. The maximum atomic E-state index is 3.48. The van der Waals surface area contributed by atoms with Crippen LogP contribution in [0.1, 0.15) is 22.3 Å². The molecule has 0 atom stereocenters. The van der Waals surface area contributed by atoms with E-state index in [0.29, 0.717) is 0 Å². The molecule has 1 N–H and O–H groups in total. The Labute approximate surface area is 178 Å². The molecule has 0 aromatic heterocycles. The van der Waals surface area contributed by atoms with E-state index >= 15 is 0 Å². The molecule has 0 aliphatic carbocycles. The summed E-state index contributed by atoms with van der Waals surface area (Å²) in [5, 5.41) is 3.48. The number of nitrogens with one attached hydrogen (secondary N) is 1. The number of anilines is 1. The normalized spacial score (nSPS) is 9.87. The molecule has 0 heterocycles. The molecular weight excluding hydrogens is 362 g/mol. The molecule has 1 heteroatoms. The fourth-order valence-electron chi connectivity index (χ4n) is 3.21. The van der Waals surface area contributed by atoms with Gasteiger partial charge in [0.05, 0.1) is 0 Å². The highest BCUT2D eigenvalue weighted by Gasteiger charge is 2.04. The zero-order chi connectivity index (χ0) is 20.4. The molecule has 1 nitrogen and oxygen atoms in total. The first-order valence-corrected chi connectivity index (χ1v) is 10.1. The van der Waals surface area contributed by atoms with Crippen molar-refractivity contribution >= 4 is 17.3 Å². The molecule has 4 rings (SSSR count). The molecule has 0 spiro atoms. The number of hydrogen-bond donors (Lipinski definition) is 1. The lowest BCUT2D eigenvalue weighted by molar-refractivity contribution is 1.15. The molecule has 0 saturated heterocycles. The topological polar surface area (TPSA) is 12.0 Å². The fraction of sp³-hybridized carbons (Fsp3) is 0.0345. The zero-order valence-electron chi connectivity index (χ0n) is 16.8. The Morgan fingerprint density at radius 2 is 1.20 bits per heavy atom. The molecule has 4 aromatic rings. The van der Waals surface area contributed by atoms with E-state index < -0.39 is 0 Å². The minimum atomic E-state index is 0.807. The number of benzene rings is 4. The third-order valence-electron chi connectivity index (χ3n) is 4.81. The molecule has 0 saturated carbocycles. The third-order valence-corrected chi connectivity index (χ3v) is 4.81. The summed E-state index contributed by atoms with van der Waals surface area (Å²) in [6.45, 7) is 0.807. The van der Waals surface area contributed by atoms with Crippen LogP contribution in [-0.2, 0) is 6.54 Å². The summed E-state index contributed by atoms with van der Waals surface area (Å²) in [5.41, 5.74) is 13.3. The second kappa shape index (κ2) is 9.96. The number of hydrogen-bond acceptors (Lipinski definition) is 1. The Bertz CT molecular complexity index is 1160. The van der Waals surface area contributed by atoms with Gasteiger partial charge < -0.3 is 5.32 Å². The fourth-order valence-corrected chi connectivity index (χ4v) is 3.21. The predicted molar refractivity (Wildman–Crippen MR) is 127 cm³/mol. The van der Waals surface area contributed by atoms with Crippen LogP contribution < -0.4 is 5.32 Å². The largest absolute Gasteiger partial charge is 0.381 e. The van der Waals surface area contributed by atoms with Crippen LogP contribution in [0.2, 0.25) is 0 Å². The van der Waals surface area contributed by atoms with Crippen molar-refractivity contribution < 1.29 is 0 Å². The zero-order valence-corrected chi connectivity index (χ0v) is 16.8. The minimum absolute atomic E-state index is 0.807. The Morgan fingerprint density at radius 1 is 0.633 bits per heavy atom. The lowest BCUT2D eigenvalue weighted by Crippen LogP contribution is -1.99. The Balaban J connectivity index is 1.61. The van der Waals surface area contributed by atoms with E-state index in [9.17, 15) is 0 Å². The van der Waals surface area contributed by atoms with E-state index in [1.807, 2.05) is 48.5 Å². The first-order chi connectivity index (χ1) is 14.9. The quantitative estimate of drug-likeness (QED) is 0.346. The van der Waals surface area contributed by atoms with Crippen LogP contribution in [0.15, 0.2) is 127 Å². The van der Waals surface area contributed by atoms with Gasteiger partial charge in [0.15, 0.2) is 0 Å². The van der Waals surface area contributed by atoms with Crippen LogP contribution in [0.3, 0.4) is 0 Å². The molecule has 0 amide bonds. The average molecular weight is 386 g/mol. The van der Waals surface area contributed by atoms with Crippen LogP contribution in [0.5, 0.6) is 0 Å². The van der Waals surface area contributed by atoms with E-state index in [1.54, 1.807) is 0 Å². The van der Waals surface area contributed by atoms with Gasteiger partial charge in [-0.1, -0.05) is 115 Å². The molecule has 0 bridgehead atoms. The summed E-state index contributed by atoms with van der Waals surface area (Å²) in [7, 11) is 0. The molecule has 0 aliphatic heterocycles. The van der Waals surface area contributed by atoms with Crippen LogP contribution in [0, 0.1) is 0 Å². The Hall–Kier alpha value is -4.02. The summed E-state index contributed by atoms with van der Waals surface area (Å²) in [6.07, 6.45) is 1.96. The van der Waals surface area contributed by atoms with Crippen LogP contribution in [0.4, 0.5) is 5.69 Å². The van der Waals surface area contributed by atoms with Gasteiger partial charge in [-0.3, -0.25) is 0 Å². The van der Waals surface area contributed by atoms with Gasteiger partial charge in [-0.05, 0) is 40.5 Å². The standard InChI is InChI=1S/C29H23N/c1-4-11-24(12-5-1)15-10-18-29(26-16-8-3-9-17-26)27-19-21-28(22-20-27)30-23-25-13-6-2-7-14-25/h1-9,11-17,19-22,30H,23H2. The smallest absolute Gasteiger partial charge is 0.0400 e. The number of rotatable bonds is 6. The van der Waals surface area contributed by atoms with Gasteiger partial charge in [0.2, 0.25) is 0 Å². The minimum Gasteiger partial charge on any atom is -0.381 e. The first kappa shape index (κ1) is 19.3. The van der Waals surface area contributed by atoms with Gasteiger partial charge >= 0.3 is 0 Å². The SMILES string of the molecule is C(=C=C(c1ccccc1)c1ccc(NCc2ccccc2)cc1)=Cc1ccccc1. The lowest BCUT2D eigenvalue weighted by Gasteiger charge is -2.09. The van der Waals surface area contributed by atoms with Gasteiger partial charge in [0.25, 0.3) is 0 Å². The molecule has 0 radical (unpaired) electrons. The maximum Gasteiger partial charge on any atom is 0.0400 e. The van der Waals surface area contributed by atoms with E-state index in [0.717, 1.165) is 34.5 Å². The van der Waals surface area contributed by atoms with Gasteiger partial charge in [-0.15, -0.1) is 0 Å². The molecule has 4 aromatic carbocycles. The summed E-state index contributed by atoms with van der Waals surface area (Å²) < 4.78 is 0. The Morgan fingerprint density at radius 3 is 1.87 bits per heavy atom. The monoisotopic (exact) mass is 385 g/mol. The van der Waals surface area contributed by atoms with E-state index in [-0.39, 0.29) is 0 Å². The van der Waals surface area contributed by atoms with E-state index in [1.165, 1.54) is 5.56 Å². The van der Waals surface area contributed by atoms with Gasteiger partial charge in [0, 0.05) is 17.8 Å². The molecular formula is C29H23N. The summed E-state index contributed by atoms with van der Waals surface area (Å²) in [6, 6.07) is 39.4. The molecule has 0 unspecified atom stereocenters. The third kappa shape index (κ3) is 5.28. The van der Waals surface area contributed by atoms with Crippen molar-refractivity contribution in [2.75, 3.05) is 5.32 Å². The first-order valence-electron chi connectivity index (χ1n) is 10.1. The van der Waals surface area contributed by atoms with Crippen molar-refractivity contribution in [2.24, 2.45) is 0 Å². The van der Waals surface area contributed by atoms with Gasteiger partial charge in [-0.2, -0.15) is 0 Å².